The molecule has 0 aromatic heterocycles. The summed E-state index contributed by atoms with van der Waals surface area (Å²) in [6.45, 7) is 2.64. The van der Waals surface area contributed by atoms with E-state index in [0.717, 1.165) is 12.0 Å². The molecule has 12 heavy (non-hydrogen) atoms. The Bertz CT molecular complexity index is 245. The van der Waals surface area contributed by atoms with Crippen LogP contribution in [0.5, 0.6) is 0 Å². The third kappa shape index (κ3) is 2.06. The molecule has 0 aliphatic carbocycles. The third-order valence-electron chi connectivity index (χ3n) is 2.04. The summed E-state index contributed by atoms with van der Waals surface area (Å²) < 4.78 is 0. The van der Waals surface area contributed by atoms with E-state index >= 15 is 0 Å². The van der Waals surface area contributed by atoms with Crippen LogP contribution in [-0.2, 0) is 6.42 Å². The van der Waals surface area contributed by atoms with Crippen molar-refractivity contribution in [1.29, 1.82) is 0 Å². The fourth-order valence-corrected chi connectivity index (χ4v) is 1.18. The van der Waals surface area contributed by atoms with Crippen molar-refractivity contribution >= 4 is 0 Å². The molecule has 1 aromatic rings. The van der Waals surface area contributed by atoms with E-state index in [9.17, 15) is 0 Å². The quantitative estimate of drug-likeness (QED) is 0.705. The largest absolute Gasteiger partial charge is 0.329 e. The molecule has 0 heterocycles. The SMILES string of the molecule is CCc1cccc([C@H](N)CN)c1. The topological polar surface area (TPSA) is 52.0 Å². The zero-order chi connectivity index (χ0) is 8.97. The summed E-state index contributed by atoms with van der Waals surface area (Å²) in [6, 6.07) is 8.27. The maximum absolute atomic E-state index is 5.79. The smallest absolute Gasteiger partial charge is 0.0419 e. The molecule has 1 atom stereocenters. The monoisotopic (exact) mass is 164 g/mol. The molecular weight excluding hydrogens is 148 g/mol. The molecule has 0 aliphatic heterocycles. The Kier molecular flexibility index (Phi) is 3.26. The van der Waals surface area contributed by atoms with E-state index in [1.807, 2.05) is 12.1 Å². The first kappa shape index (κ1) is 9.23. The molecule has 2 heteroatoms. The van der Waals surface area contributed by atoms with Gasteiger partial charge in [0, 0.05) is 12.6 Å². The Morgan fingerprint density at radius 2 is 2.17 bits per heavy atom. The van der Waals surface area contributed by atoms with Gasteiger partial charge >= 0.3 is 0 Å². The molecule has 0 spiro atoms. The summed E-state index contributed by atoms with van der Waals surface area (Å²) in [5.41, 5.74) is 13.7. The van der Waals surface area contributed by atoms with Gasteiger partial charge < -0.3 is 11.5 Å². The summed E-state index contributed by atoms with van der Waals surface area (Å²) in [7, 11) is 0. The standard InChI is InChI=1S/C10H16N2/c1-2-8-4-3-5-9(6-8)10(12)7-11/h3-6,10H,2,7,11-12H2,1H3/t10-/m1/s1. The van der Waals surface area contributed by atoms with E-state index in [1.54, 1.807) is 0 Å². The predicted molar refractivity (Wildman–Crippen MR) is 51.8 cm³/mol. The first-order valence-corrected chi connectivity index (χ1v) is 4.32. The van der Waals surface area contributed by atoms with Crippen molar-refractivity contribution in [3.05, 3.63) is 35.4 Å². The normalized spacial score (nSPS) is 12.9. The maximum atomic E-state index is 5.79. The summed E-state index contributed by atoms with van der Waals surface area (Å²) in [4.78, 5) is 0. The van der Waals surface area contributed by atoms with Gasteiger partial charge in [-0.15, -0.1) is 0 Å². The molecular formula is C10H16N2. The van der Waals surface area contributed by atoms with Crippen LogP contribution >= 0.6 is 0 Å². The minimum Gasteiger partial charge on any atom is -0.329 e. The molecule has 0 unspecified atom stereocenters. The fourth-order valence-electron chi connectivity index (χ4n) is 1.18. The predicted octanol–water partition coefficient (Wildman–Crippen LogP) is 1.21. The molecule has 0 saturated carbocycles. The fraction of sp³-hybridized carbons (Fsp3) is 0.400. The van der Waals surface area contributed by atoms with Gasteiger partial charge in [0.25, 0.3) is 0 Å². The Labute approximate surface area is 73.6 Å². The number of hydrogen-bond acceptors (Lipinski definition) is 2. The van der Waals surface area contributed by atoms with E-state index in [4.69, 9.17) is 11.5 Å². The van der Waals surface area contributed by atoms with Gasteiger partial charge in [0.2, 0.25) is 0 Å². The van der Waals surface area contributed by atoms with Crippen molar-refractivity contribution in [2.75, 3.05) is 6.54 Å². The Morgan fingerprint density at radius 1 is 1.42 bits per heavy atom. The summed E-state index contributed by atoms with van der Waals surface area (Å²) in [6.07, 6.45) is 1.05. The number of benzene rings is 1. The highest BCUT2D eigenvalue weighted by Crippen LogP contribution is 2.11. The lowest BCUT2D eigenvalue weighted by Crippen LogP contribution is -2.20. The van der Waals surface area contributed by atoms with Crippen molar-refractivity contribution in [3.8, 4) is 0 Å². The Balaban J connectivity index is 2.86. The van der Waals surface area contributed by atoms with Crippen LogP contribution in [0.1, 0.15) is 24.1 Å². The highest BCUT2D eigenvalue weighted by molar-refractivity contribution is 5.25. The van der Waals surface area contributed by atoms with E-state index < -0.39 is 0 Å². The van der Waals surface area contributed by atoms with Crippen LogP contribution in [0, 0.1) is 0 Å². The third-order valence-corrected chi connectivity index (χ3v) is 2.04. The van der Waals surface area contributed by atoms with Gasteiger partial charge in [0.15, 0.2) is 0 Å². The number of aryl methyl sites for hydroxylation is 1. The van der Waals surface area contributed by atoms with Crippen LogP contribution in [-0.4, -0.2) is 6.54 Å². The highest BCUT2D eigenvalue weighted by Gasteiger charge is 2.02. The number of rotatable bonds is 3. The molecule has 0 fully saturated rings. The average Bonchev–Trinajstić information content (AvgIpc) is 2.17. The lowest BCUT2D eigenvalue weighted by molar-refractivity contribution is 0.735. The molecule has 4 N–H and O–H groups in total. The highest BCUT2D eigenvalue weighted by atomic mass is 14.7. The second-order valence-electron chi connectivity index (χ2n) is 2.94. The first-order valence-electron chi connectivity index (χ1n) is 4.32. The molecule has 0 saturated heterocycles. The summed E-state index contributed by atoms with van der Waals surface area (Å²) in [5.74, 6) is 0. The molecule has 0 amide bonds. The summed E-state index contributed by atoms with van der Waals surface area (Å²) in [5, 5.41) is 0. The number of nitrogens with two attached hydrogens (primary N) is 2. The van der Waals surface area contributed by atoms with Crippen LogP contribution in [0.25, 0.3) is 0 Å². The lowest BCUT2D eigenvalue weighted by Gasteiger charge is -2.09. The van der Waals surface area contributed by atoms with Gasteiger partial charge in [-0.3, -0.25) is 0 Å². The number of hydrogen-bond donors (Lipinski definition) is 2. The van der Waals surface area contributed by atoms with Gasteiger partial charge in [-0.05, 0) is 17.5 Å². The van der Waals surface area contributed by atoms with Crippen molar-refractivity contribution in [1.82, 2.24) is 0 Å². The zero-order valence-corrected chi connectivity index (χ0v) is 7.46. The maximum Gasteiger partial charge on any atom is 0.0419 e. The van der Waals surface area contributed by atoms with E-state index in [2.05, 4.69) is 19.1 Å². The van der Waals surface area contributed by atoms with Gasteiger partial charge in [-0.2, -0.15) is 0 Å². The van der Waals surface area contributed by atoms with Crippen molar-refractivity contribution in [2.45, 2.75) is 19.4 Å². The molecule has 0 bridgehead atoms. The van der Waals surface area contributed by atoms with E-state index in [1.165, 1.54) is 5.56 Å². The molecule has 0 aliphatic rings. The molecule has 1 rings (SSSR count). The van der Waals surface area contributed by atoms with Crippen LogP contribution < -0.4 is 11.5 Å². The van der Waals surface area contributed by atoms with Crippen LogP contribution in [0.15, 0.2) is 24.3 Å². The second kappa shape index (κ2) is 4.24. The summed E-state index contributed by atoms with van der Waals surface area (Å²) >= 11 is 0. The first-order chi connectivity index (χ1) is 5.77. The molecule has 2 nitrogen and oxygen atoms in total. The van der Waals surface area contributed by atoms with Crippen LogP contribution in [0.2, 0.25) is 0 Å². The molecule has 66 valence electrons. The van der Waals surface area contributed by atoms with Crippen molar-refractivity contribution in [2.24, 2.45) is 11.5 Å². The van der Waals surface area contributed by atoms with Gasteiger partial charge in [-0.1, -0.05) is 31.2 Å². The average molecular weight is 164 g/mol. The van der Waals surface area contributed by atoms with E-state index in [-0.39, 0.29) is 6.04 Å². The van der Waals surface area contributed by atoms with Crippen LogP contribution in [0.3, 0.4) is 0 Å². The molecule has 1 aromatic carbocycles. The minimum atomic E-state index is -0.0171. The van der Waals surface area contributed by atoms with Crippen molar-refractivity contribution < 1.29 is 0 Å². The van der Waals surface area contributed by atoms with Crippen molar-refractivity contribution in [3.63, 3.8) is 0 Å². The Hall–Kier alpha value is -0.860. The second-order valence-corrected chi connectivity index (χ2v) is 2.94. The van der Waals surface area contributed by atoms with Crippen LogP contribution in [0.4, 0.5) is 0 Å². The molecule has 0 radical (unpaired) electrons. The lowest BCUT2D eigenvalue weighted by atomic mass is 10.0. The minimum absolute atomic E-state index is 0.0171. The Morgan fingerprint density at radius 3 is 2.75 bits per heavy atom. The van der Waals surface area contributed by atoms with Gasteiger partial charge in [-0.25, -0.2) is 0 Å². The van der Waals surface area contributed by atoms with Gasteiger partial charge in [0.1, 0.15) is 0 Å². The van der Waals surface area contributed by atoms with E-state index in [0.29, 0.717) is 6.54 Å². The zero-order valence-electron chi connectivity index (χ0n) is 7.46. The van der Waals surface area contributed by atoms with Gasteiger partial charge in [0.05, 0.1) is 0 Å².